The number of nitrogens with zero attached hydrogens (tertiary/aromatic N) is 1. The molecule has 0 aliphatic carbocycles. The lowest BCUT2D eigenvalue weighted by atomic mass is 10.0. The largest absolute Gasteiger partial charge is 0.314 e. The molecule has 0 bridgehead atoms. The Balaban J connectivity index is 1.64. The molecule has 1 N–H and O–H groups in total. The summed E-state index contributed by atoms with van der Waals surface area (Å²) in [7, 11) is 0. The van der Waals surface area contributed by atoms with E-state index in [0.717, 1.165) is 43.9 Å². The van der Waals surface area contributed by atoms with E-state index in [0.29, 0.717) is 6.04 Å². The Bertz CT molecular complexity index is 407. The maximum absolute atomic E-state index is 12.3. The van der Waals surface area contributed by atoms with Gasteiger partial charge >= 0.3 is 0 Å². The van der Waals surface area contributed by atoms with Crippen LogP contribution in [-0.2, 0) is 6.42 Å². The number of benzene rings is 1. The van der Waals surface area contributed by atoms with E-state index >= 15 is 0 Å². The van der Waals surface area contributed by atoms with Crippen LogP contribution in [0.3, 0.4) is 0 Å². The van der Waals surface area contributed by atoms with Crippen molar-refractivity contribution in [1.29, 1.82) is 0 Å². The first-order valence-electron chi connectivity index (χ1n) is 7.12. The summed E-state index contributed by atoms with van der Waals surface area (Å²) in [5.74, 6) is 0. The molecule has 5 heteroatoms. The van der Waals surface area contributed by atoms with E-state index in [1.807, 2.05) is 23.1 Å². The summed E-state index contributed by atoms with van der Waals surface area (Å²) >= 11 is 5.94. The number of likely N-dealkylation sites (tertiary alicyclic amines) is 1. The molecule has 1 fully saturated rings. The van der Waals surface area contributed by atoms with Crippen molar-refractivity contribution in [1.82, 2.24) is 10.2 Å². The number of piperidine rings is 1. The summed E-state index contributed by atoms with van der Waals surface area (Å²) in [5, 5.41) is 4.27. The van der Waals surface area contributed by atoms with Crippen LogP contribution >= 0.6 is 11.6 Å². The second-order valence-corrected chi connectivity index (χ2v) is 5.74. The van der Waals surface area contributed by atoms with Gasteiger partial charge in [-0.05, 0) is 56.6 Å². The van der Waals surface area contributed by atoms with Gasteiger partial charge in [-0.25, -0.2) is 8.78 Å². The molecule has 0 aromatic heterocycles. The van der Waals surface area contributed by atoms with E-state index < -0.39 is 6.43 Å². The minimum Gasteiger partial charge on any atom is -0.314 e. The van der Waals surface area contributed by atoms with Gasteiger partial charge in [0, 0.05) is 11.1 Å². The van der Waals surface area contributed by atoms with Crippen molar-refractivity contribution in [3.8, 4) is 0 Å². The number of hydrogen-bond donors (Lipinski definition) is 1. The van der Waals surface area contributed by atoms with Crippen LogP contribution in [0.2, 0.25) is 5.02 Å². The highest BCUT2D eigenvalue weighted by Crippen LogP contribution is 2.13. The van der Waals surface area contributed by atoms with Gasteiger partial charge in [-0.3, -0.25) is 4.90 Å². The first-order chi connectivity index (χ1) is 9.63. The molecule has 1 aromatic carbocycles. The zero-order valence-corrected chi connectivity index (χ0v) is 12.3. The smallest absolute Gasteiger partial charge is 0.251 e. The average Bonchev–Trinajstić information content (AvgIpc) is 2.40. The molecule has 2 nitrogen and oxygen atoms in total. The molecule has 0 radical (unpaired) electrons. The number of nitrogens with one attached hydrogen (secondary N) is 1. The van der Waals surface area contributed by atoms with Crippen LogP contribution < -0.4 is 5.32 Å². The van der Waals surface area contributed by atoms with Crippen molar-refractivity contribution in [2.24, 2.45) is 0 Å². The molecule has 0 amide bonds. The second kappa shape index (κ2) is 7.91. The van der Waals surface area contributed by atoms with E-state index in [2.05, 4.69) is 11.4 Å². The van der Waals surface area contributed by atoms with E-state index in [-0.39, 0.29) is 6.54 Å². The fourth-order valence-corrected chi connectivity index (χ4v) is 2.84. The third-order valence-corrected chi connectivity index (χ3v) is 3.95. The molecular formula is C15H21ClF2N2. The monoisotopic (exact) mass is 302 g/mol. The lowest BCUT2D eigenvalue weighted by molar-refractivity contribution is 0.0731. The van der Waals surface area contributed by atoms with Gasteiger partial charge < -0.3 is 5.32 Å². The van der Waals surface area contributed by atoms with Crippen LogP contribution in [0.15, 0.2) is 24.3 Å². The van der Waals surface area contributed by atoms with E-state index in [9.17, 15) is 8.78 Å². The van der Waals surface area contributed by atoms with Crippen LogP contribution in [-0.4, -0.2) is 43.5 Å². The summed E-state index contributed by atoms with van der Waals surface area (Å²) in [6, 6.07) is 8.33. The molecule has 1 heterocycles. The minimum absolute atomic E-state index is 0.0881. The highest BCUT2D eigenvalue weighted by molar-refractivity contribution is 6.30. The fourth-order valence-electron chi connectivity index (χ4n) is 2.63. The summed E-state index contributed by atoms with van der Waals surface area (Å²) in [5.41, 5.74) is 1.22. The van der Waals surface area contributed by atoms with Gasteiger partial charge in [0.25, 0.3) is 6.43 Å². The standard InChI is InChI=1S/C15H21ClF2N2/c16-13-3-1-2-12(10-13)4-7-19-14-5-8-20(9-6-14)11-15(17)18/h1-3,10,14-15,19H,4-9,11H2. The molecule has 1 aromatic rings. The summed E-state index contributed by atoms with van der Waals surface area (Å²) in [6.45, 7) is 2.34. The van der Waals surface area contributed by atoms with Gasteiger partial charge in [-0.15, -0.1) is 0 Å². The Kier molecular flexibility index (Phi) is 6.20. The average molecular weight is 303 g/mol. The predicted molar refractivity (Wildman–Crippen MR) is 78.6 cm³/mol. The quantitative estimate of drug-likeness (QED) is 0.868. The zero-order chi connectivity index (χ0) is 14.4. The number of rotatable bonds is 6. The van der Waals surface area contributed by atoms with Crippen LogP contribution in [0.4, 0.5) is 8.78 Å². The number of halogens is 3. The van der Waals surface area contributed by atoms with E-state index in [4.69, 9.17) is 11.6 Å². The molecular weight excluding hydrogens is 282 g/mol. The number of alkyl halides is 2. The van der Waals surface area contributed by atoms with E-state index in [1.165, 1.54) is 5.56 Å². The molecule has 1 saturated heterocycles. The van der Waals surface area contributed by atoms with Crippen LogP contribution in [0.25, 0.3) is 0 Å². The summed E-state index contributed by atoms with van der Waals surface area (Å²) < 4.78 is 24.5. The predicted octanol–water partition coefficient (Wildman–Crippen LogP) is 3.20. The molecule has 2 rings (SSSR count). The van der Waals surface area contributed by atoms with Crippen molar-refractivity contribution in [3.05, 3.63) is 34.9 Å². The van der Waals surface area contributed by atoms with Crippen molar-refractivity contribution < 1.29 is 8.78 Å². The molecule has 0 unspecified atom stereocenters. The van der Waals surface area contributed by atoms with E-state index in [1.54, 1.807) is 0 Å². The van der Waals surface area contributed by atoms with Crippen LogP contribution in [0.5, 0.6) is 0 Å². The normalized spacial score (nSPS) is 17.8. The minimum atomic E-state index is -2.22. The third kappa shape index (κ3) is 5.35. The summed E-state index contributed by atoms with van der Waals surface area (Å²) in [6.07, 6.45) is 0.616. The Hall–Kier alpha value is -0.710. The first kappa shape index (κ1) is 15.7. The number of hydrogen-bond acceptors (Lipinski definition) is 2. The molecule has 0 saturated carbocycles. The van der Waals surface area contributed by atoms with Gasteiger partial charge in [0.15, 0.2) is 0 Å². The maximum Gasteiger partial charge on any atom is 0.251 e. The van der Waals surface area contributed by atoms with Crippen molar-refractivity contribution in [2.75, 3.05) is 26.2 Å². The highest BCUT2D eigenvalue weighted by atomic mass is 35.5. The lowest BCUT2D eigenvalue weighted by Gasteiger charge is -2.32. The molecule has 0 atom stereocenters. The summed E-state index contributed by atoms with van der Waals surface area (Å²) in [4.78, 5) is 1.85. The van der Waals surface area contributed by atoms with Gasteiger partial charge in [-0.1, -0.05) is 23.7 Å². The maximum atomic E-state index is 12.3. The van der Waals surface area contributed by atoms with Crippen molar-refractivity contribution in [2.45, 2.75) is 31.7 Å². The Morgan fingerprint density at radius 2 is 2.05 bits per heavy atom. The SMILES string of the molecule is FC(F)CN1CCC(NCCc2cccc(Cl)c2)CC1. The highest BCUT2D eigenvalue weighted by Gasteiger charge is 2.20. The topological polar surface area (TPSA) is 15.3 Å². The third-order valence-electron chi connectivity index (χ3n) is 3.72. The molecule has 0 spiro atoms. The fraction of sp³-hybridized carbons (Fsp3) is 0.600. The first-order valence-corrected chi connectivity index (χ1v) is 7.49. The lowest BCUT2D eigenvalue weighted by Crippen LogP contribution is -2.44. The van der Waals surface area contributed by atoms with Gasteiger partial charge in [0.1, 0.15) is 0 Å². The van der Waals surface area contributed by atoms with Crippen LogP contribution in [0.1, 0.15) is 18.4 Å². The molecule has 1 aliphatic heterocycles. The molecule has 20 heavy (non-hydrogen) atoms. The second-order valence-electron chi connectivity index (χ2n) is 5.30. The Morgan fingerprint density at radius 1 is 1.30 bits per heavy atom. The van der Waals surface area contributed by atoms with Crippen LogP contribution in [0, 0.1) is 0 Å². The zero-order valence-electron chi connectivity index (χ0n) is 11.5. The van der Waals surface area contributed by atoms with Crippen molar-refractivity contribution >= 4 is 11.6 Å². The van der Waals surface area contributed by atoms with Crippen molar-refractivity contribution in [3.63, 3.8) is 0 Å². The van der Waals surface area contributed by atoms with Gasteiger partial charge in [-0.2, -0.15) is 0 Å². The molecule has 112 valence electrons. The van der Waals surface area contributed by atoms with Gasteiger partial charge in [0.05, 0.1) is 6.54 Å². The van der Waals surface area contributed by atoms with Gasteiger partial charge in [0.2, 0.25) is 0 Å². The molecule has 1 aliphatic rings. The Labute approximate surface area is 124 Å². The Morgan fingerprint density at radius 3 is 2.70 bits per heavy atom.